The Morgan fingerprint density at radius 1 is 1.20 bits per heavy atom. The molecule has 0 aliphatic carbocycles. The normalized spacial score (nSPS) is 10.5. The Hall–Kier alpha value is -2.58. The minimum atomic E-state index is 0.0376. The van der Waals surface area contributed by atoms with Gasteiger partial charge in [-0.25, -0.2) is 19.9 Å². The zero-order valence-corrected chi connectivity index (χ0v) is 15.2. The van der Waals surface area contributed by atoms with Crippen molar-refractivity contribution in [3.8, 4) is 10.6 Å². The third-order valence-electron chi connectivity index (χ3n) is 3.30. The van der Waals surface area contributed by atoms with Crippen molar-refractivity contribution < 1.29 is 4.79 Å². The molecule has 3 rings (SSSR count). The fraction of sp³-hybridized carbons (Fsp3) is 0.188. The van der Waals surface area contributed by atoms with Gasteiger partial charge in [0.15, 0.2) is 5.13 Å². The molecule has 128 valence electrons. The molecular formula is C16H15ClN6OS. The highest BCUT2D eigenvalue weighted by molar-refractivity contribution is 7.18. The molecule has 7 nitrogen and oxygen atoms in total. The Bertz CT molecular complexity index is 880. The number of amides is 1. The molecule has 3 heterocycles. The van der Waals surface area contributed by atoms with Crippen molar-refractivity contribution in [2.24, 2.45) is 0 Å². The van der Waals surface area contributed by atoms with Gasteiger partial charge in [0.25, 0.3) is 0 Å². The van der Waals surface area contributed by atoms with Crippen LogP contribution >= 0.6 is 22.9 Å². The fourth-order valence-corrected chi connectivity index (χ4v) is 2.91. The average molecular weight is 375 g/mol. The molecule has 9 heteroatoms. The van der Waals surface area contributed by atoms with Gasteiger partial charge >= 0.3 is 0 Å². The summed E-state index contributed by atoms with van der Waals surface area (Å²) < 4.78 is 0. The van der Waals surface area contributed by atoms with E-state index in [2.05, 4.69) is 25.3 Å². The molecule has 1 amide bonds. The van der Waals surface area contributed by atoms with E-state index in [4.69, 9.17) is 11.6 Å². The lowest BCUT2D eigenvalue weighted by Gasteiger charge is -2.10. The van der Waals surface area contributed by atoms with Crippen molar-refractivity contribution in [3.05, 3.63) is 47.6 Å². The van der Waals surface area contributed by atoms with Crippen molar-refractivity contribution in [3.63, 3.8) is 0 Å². The van der Waals surface area contributed by atoms with E-state index in [1.54, 1.807) is 43.7 Å². The van der Waals surface area contributed by atoms with Gasteiger partial charge in [-0.3, -0.25) is 4.79 Å². The molecule has 3 aromatic rings. The summed E-state index contributed by atoms with van der Waals surface area (Å²) in [5.74, 6) is 0.693. The van der Waals surface area contributed by atoms with E-state index >= 15 is 0 Å². The second-order valence-electron chi connectivity index (χ2n) is 5.38. The Balaban J connectivity index is 1.68. The van der Waals surface area contributed by atoms with Crippen LogP contribution in [0, 0.1) is 0 Å². The summed E-state index contributed by atoms with van der Waals surface area (Å²) in [5.41, 5.74) is 1.58. The average Bonchev–Trinajstić information content (AvgIpc) is 3.05. The lowest BCUT2D eigenvalue weighted by molar-refractivity contribution is -0.127. The molecule has 0 fully saturated rings. The van der Waals surface area contributed by atoms with Gasteiger partial charge in [0.05, 0.1) is 17.0 Å². The van der Waals surface area contributed by atoms with Crippen LogP contribution in [0.3, 0.4) is 0 Å². The standard InChI is InChI=1S/C16H15ClN6OS/c1-23(2)14(24)7-10-3-4-13(19-8-10)22-16-20-9-12(25-16)11-5-6-18-15(17)21-11/h3-6,8-9H,7H2,1-2H3,(H,19,20,22). The number of rotatable bonds is 5. The SMILES string of the molecule is CN(C)C(=O)Cc1ccc(Nc2ncc(-c3ccnc(Cl)n3)s2)nc1. The first kappa shape index (κ1) is 17.2. The number of carbonyl (C=O) groups excluding carboxylic acids is 1. The molecule has 25 heavy (non-hydrogen) atoms. The molecular weight excluding hydrogens is 360 g/mol. The summed E-state index contributed by atoms with van der Waals surface area (Å²) in [7, 11) is 3.47. The number of nitrogens with zero attached hydrogens (tertiary/aromatic N) is 5. The summed E-state index contributed by atoms with van der Waals surface area (Å²) in [6.07, 6.45) is 5.33. The maximum absolute atomic E-state index is 11.7. The number of nitrogens with one attached hydrogen (secondary N) is 1. The second-order valence-corrected chi connectivity index (χ2v) is 6.75. The third kappa shape index (κ3) is 4.49. The van der Waals surface area contributed by atoms with E-state index in [0.29, 0.717) is 17.4 Å². The van der Waals surface area contributed by atoms with E-state index in [0.717, 1.165) is 16.1 Å². The van der Waals surface area contributed by atoms with Crippen molar-refractivity contribution in [1.29, 1.82) is 0 Å². The number of hydrogen-bond donors (Lipinski definition) is 1. The van der Waals surface area contributed by atoms with Gasteiger partial charge in [0.1, 0.15) is 5.82 Å². The van der Waals surface area contributed by atoms with Gasteiger partial charge in [-0.05, 0) is 29.3 Å². The van der Waals surface area contributed by atoms with Crippen molar-refractivity contribution in [1.82, 2.24) is 24.8 Å². The number of hydrogen-bond acceptors (Lipinski definition) is 7. The summed E-state index contributed by atoms with van der Waals surface area (Å²) in [4.78, 5) is 30.8. The molecule has 0 aliphatic rings. The number of anilines is 2. The minimum Gasteiger partial charge on any atom is -0.349 e. The summed E-state index contributed by atoms with van der Waals surface area (Å²) >= 11 is 7.25. The molecule has 0 unspecified atom stereocenters. The quantitative estimate of drug-likeness (QED) is 0.691. The highest BCUT2D eigenvalue weighted by atomic mass is 35.5. The molecule has 0 saturated carbocycles. The molecule has 0 bridgehead atoms. The lowest BCUT2D eigenvalue weighted by atomic mass is 10.2. The number of pyridine rings is 1. The Kier molecular flexibility index (Phi) is 5.20. The lowest BCUT2D eigenvalue weighted by Crippen LogP contribution is -2.23. The minimum absolute atomic E-state index is 0.0376. The van der Waals surface area contributed by atoms with Crippen LogP contribution in [0.1, 0.15) is 5.56 Å². The van der Waals surface area contributed by atoms with E-state index in [1.807, 2.05) is 12.1 Å². The van der Waals surface area contributed by atoms with Crippen LogP contribution in [0.2, 0.25) is 5.28 Å². The van der Waals surface area contributed by atoms with E-state index in [1.165, 1.54) is 11.3 Å². The molecule has 3 aromatic heterocycles. The van der Waals surface area contributed by atoms with Crippen molar-refractivity contribution in [2.75, 3.05) is 19.4 Å². The topological polar surface area (TPSA) is 83.9 Å². The molecule has 0 spiro atoms. The molecule has 0 radical (unpaired) electrons. The smallest absolute Gasteiger partial charge is 0.226 e. The van der Waals surface area contributed by atoms with E-state index in [-0.39, 0.29) is 11.2 Å². The maximum Gasteiger partial charge on any atom is 0.226 e. The van der Waals surface area contributed by atoms with Crippen molar-refractivity contribution >= 4 is 39.8 Å². The predicted molar refractivity (Wildman–Crippen MR) is 98.1 cm³/mol. The number of aromatic nitrogens is 4. The monoisotopic (exact) mass is 374 g/mol. The first-order valence-electron chi connectivity index (χ1n) is 7.38. The van der Waals surface area contributed by atoms with Gasteiger partial charge in [0, 0.05) is 32.7 Å². The van der Waals surface area contributed by atoms with Gasteiger partial charge in [-0.1, -0.05) is 17.4 Å². The van der Waals surface area contributed by atoms with Gasteiger partial charge < -0.3 is 10.2 Å². The number of likely N-dealkylation sites (N-methyl/N-ethyl adjacent to an activating group) is 1. The van der Waals surface area contributed by atoms with Crippen LogP contribution in [0.25, 0.3) is 10.6 Å². The third-order valence-corrected chi connectivity index (χ3v) is 4.42. The zero-order valence-electron chi connectivity index (χ0n) is 13.6. The predicted octanol–water partition coefficient (Wildman–Crippen LogP) is 3.02. The van der Waals surface area contributed by atoms with E-state index < -0.39 is 0 Å². The van der Waals surface area contributed by atoms with Crippen LogP contribution in [-0.4, -0.2) is 44.8 Å². The Morgan fingerprint density at radius 2 is 2.04 bits per heavy atom. The molecule has 0 aliphatic heterocycles. The first-order valence-corrected chi connectivity index (χ1v) is 8.57. The van der Waals surface area contributed by atoms with Gasteiger partial charge in [-0.15, -0.1) is 0 Å². The van der Waals surface area contributed by atoms with Gasteiger partial charge in [0.2, 0.25) is 11.2 Å². The molecule has 1 N–H and O–H groups in total. The van der Waals surface area contributed by atoms with Gasteiger partial charge in [-0.2, -0.15) is 0 Å². The van der Waals surface area contributed by atoms with Crippen LogP contribution in [0.4, 0.5) is 10.9 Å². The summed E-state index contributed by atoms with van der Waals surface area (Å²) in [6, 6.07) is 5.47. The van der Waals surface area contributed by atoms with Crippen LogP contribution in [0.5, 0.6) is 0 Å². The maximum atomic E-state index is 11.7. The fourth-order valence-electron chi connectivity index (χ4n) is 1.97. The Labute approximate surface area is 153 Å². The highest BCUT2D eigenvalue weighted by Gasteiger charge is 2.09. The first-order chi connectivity index (χ1) is 12.0. The van der Waals surface area contributed by atoms with Crippen LogP contribution in [-0.2, 0) is 11.2 Å². The zero-order chi connectivity index (χ0) is 17.8. The highest BCUT2D eigenvalue weighted by Crippen LogP contribution is 2.29. The van der Waals surface area contributed by atoms with Crippen molar-refractivity contribution in [2.45, 2.75) is 6.42 Å². The van der Waals surface area contributed by atoms with Crippen LogP contribution in [0.15, 0.2) is 36.8 Å². The van der Waals surface area contributed by atoms with Crippen LogP contribution < -0.4 is 5.32 Å². The number of halogens is 1. The summed E-state index contributed by atoms with van der Waals surface area (Å²) in [5, 5.41) is 4.02. The van der Waals surface area contributed by atoms with E-state index in [9.17, 15) is 4.79 Å². The second kappa shape index (κ2) is 7.54. The molecule has 0 atom stereocenters. The largest absolute Gasteiger partial charge is 0.349 e. The number of carbonyl (C=O) groups is 1. The Morgan fingerprint density at radius 3 is 2.72 bits per heavy atom. The molecule has 0 aromatic carbocycles. The summed E-state index contributed by atoms with van der Waals surface area (Å²) in [6.45, 7) is 0. The number of thiazole rings is 1. The molecule has 0 saturated heterocycles.